The summed E-state index contributed by atoms with van der Waals surface area (Å²) in [6.45, 7) is 5.97. The van der Waals surface area contributed by atoms with Gasteiger partial charge in [-0.3, -0.25) is 9.59 Å². The lowest BCUT2D eigenvalue weighted by atomic mass is 9.91. The van der Waals surface area contributed by atoms with Crippen LogP contribution in [0.2, 0.25) is 0 Å². The molecule has 0 atom stereocenters. The van der Waals surface area contributed by atoms with E-state index in [1.807, 2.05) is 32.9 Å². The molecule has 3 aromatic carbocycles. The van der Waals surface area contributed by atoms with Crippen molar-refractivity contribution in [1.29, 1.82) is 10.5 Å². The van der Waals surface area contributed by atoms with Crippen molar-refractivity contribution in [2.45, 2.75) is 27.2 Å². The van der Waals surface area contributed by atoms with Gasteiger partial charge in [-0.05, 0) is 87.0 Å². The predicted octanol–water partition coefficient (Wildman–Crippen LogP) is 6.46. The van der Waals surface area contributed by atoms with Gasteiger partial charge in [0.25, 0.3) is 5.91 Å². The summed E-state index contributed by atoms with van der Waals surface area (Å²) in [5, 5.41) is 29.2. The van der Waals surface area contributed by atoms with Gasteiger partial charge in [0.15, 0.2) is 0 Å². The fourth-order valence-corrected chi connectivity index (χ4v) is 3.05. The van der Waals surface area contributed by atoms with Crippen LogP contribution < -0.4 is 10.1 Å². The molecule has 0 aliphatic heterocycles. The van der Waals surface area contributed by atoms with Gasteiger partial charge in [0.2, 0.25) is 0 Å². The molecule has 0 saturated heterocycles. The summed E-state index contributed by atoms with van der Waals surface area (Å²) in [6, 6.07) is 22.0. The largest absolute Gasteiger partial charge is 0.490 e. The first-order chi connectivity index (χ1) is 18.2. The second kappa shape index (κ2) is 12.8. The molecule has 9 heteroatoms. The molecule has 1 amide bonds. The average Bonchev–Trinajstić information content (AvgIpc) is 2.94. The van der Waals surface area contributed by atoms with Gasteiger partial charge < -0.3 is 14.8 Å². The number of rotatable bonds is 10. The van der Waals surface area contributed by atoms with Gasteiger partial charge in [-0.1, -0.05) is 6.92 Å². The summed E-state index contributed by atoms with van der Waals surface area (Å²) in [6.07, 6.45) is 0.691. The number of amides is 1. The Labute approximate surface area is 221 Å². The molecule has 0 aliphatic rings. The number of benzene rings is 3. The topological polar surface area (TPSA) is 137 Å². The number of anilines is 1. The van der Waals surface area contributed by atoms with Crippen molar-refractivity contribution in [1.82, 2.24) is 0 Å². The maximum absolute atomic E-state index is 12.6. The molecule has 0 bridgehead atoms. The Hall–Kier alpha value is -5.02. The first-order valence-corrected chi connectivity index (χ1v) is 11.9. The highest BCUT2D eigenvalue weighted by Gasteiger charge is 2.26. The van der Waals surface area contributed by atoms with Crippen LogP contribution >= 0.6 is 0 Å². The lowest BCUT2D eigenvalue weighted by Crippen LogP contribution is -2.27. The molecule has 192 valence electrons. The maximum atomic E-state index is 12.6. The van der Waals surface area contributed by atoms with Gasteiger partial charge in [-0.25, -0.2) is 0 Å². The van der Waals surface area contributed by atoms with Crippen LogP contribution in [0.15, 0.2) is 77.0 Å². The minimum Gasteiger partial charge on any atom is -0.490 e. The zero-order valence-corrected chi connectivity index (χ0v) is 21.4. The quantitative estimate of drug-likeness (QED) is 0.189. The molecule has 9 nitrogen and oxygen atoms in total. The van der Waals surface area contributed by atoms with Gasteiger partial charge in [-0.2, -0.15) is 20.8 Å². The number of esters is 1. The van der Waals surface area contributed by atoms with Crippen molar-refractivity contribution in [3.63, 3.8) is 0 Å². The molecule has 0 spiro atoms. The smallest absolute Gasteiger partial charge is 0.311 e. The van der Waals surface area contributed by atoms with E-state index in [1.165, 1.54) is 12.1 Å². The third kappa shape index (κ3) is 7.49. The molecule has 0 radical (unpaired) electrons. The number of azo groups is 1. The summed E-state index contributed by atoms with van der Waals surface area (Å²) < 4.78 is 10.8. The molecule has 0 unspecified atom stereocenters. The van der Waals surface area contributed by atoms with Crippen LogP contribution in [-0.4, -0.2) is 25.1 Å². The Morgan fingerprint density at radius 3 is 2.13 bits per heavy atom. The Kier molecular flexibility index (Phi) is 9.28. The van der Waals surface area contributed by atoms with Crippen LogP contribution in [0.25, 0.3) is 0 Å². The van der Waals surface area contributed by atoms with E-state index in [9.17, 15) is 9.59 Å². The van der Waals surface area contributed by atoms with E-state index in [0.717, 1.165) is 0 Å². The van der Waals surface area contributed by atoms with E-state index in [0.29, 0.717) is 34.8 Å². The Balaban J connectivity index is 1.50. The summed E-state index contributed by atoms with van der Waals surface area (Å²) in [7, 11) is 0. The van der Waals surface area contributed by atoms with E-state index in [-0.39, 0.29) is 36.2 Å². The number of nitrogens with one attached hydrogen (secondary N) is 1. The average molecular weight is 510 g/mol. The highest BCUT2D eigenvalue weighted by atomic mass is 16.6. The molecule has 3 aromatic rings. The Bertz CT molecular complexity index is 1400. The summed E-state index contributed by atoms with van der Waals surface area (Å²) in [4.78, 5) is 24.6. The van der Waals surface area contributed by atoms with E-state index < -0.39 is 5.41 Å². The maximum Gasteiger partial charge on any atom is 0.311 e. The predicted molar refractivity (Wildman–Crippen MR) is 141 cm³/mol. The number of hydrogen-bond donors (Lipinski definition) is 1. The van der Waals surface area contributed by atoms with Crippen LogP contribution in [0.1, 0.15) is 48.7 Å². The second-order valence-electron chi connectivity index (χ2n) is 8.90. The molecule has 0 saturated carbocycles. The molecule has 1 N–H and O–H groups in total. The van der Waals surface area contributed by atoms with Gasteiger partial charge in [0.1, 0.15) is 31.1 Å². The molecule has 0 heterocycles. The zero-order chi connectivity index (χ0) is 27.5. The van der Waals surface area contributed by atoms with Gasteiger partial charge >= 0.3 is 5.97 Å². The van der Waals surface area contributed by atoms with E-state index in [1.54, 1.807) is 54.6 Å². The normalized spacial score (nSPS) is 10.9. The highest BCUT2D eigenvalue weighted by Crippen LogP contribution is 2.23. The SMILES string of the molecule is CCC(C)(C)C(=O)OCCOc1ccc(C(=O)Nc2ccc(/N=N/c3ccc(C#N)c(C#N)c3)cc2)cc1. The number of nitrogens with zero attached hydrogens (tertiary/aromatic N) is 4. The number of carbonyl (C=O) groups excluding carboxylic acids is 2. The molecule has 3 rings (SSSR count). The lowest BCUT2D eigenvalue weighted by Gasteiger charge is -2.20. The van der Waals surface area contributed by atoms with Crippen LogP contribution in [0.4, 0.5) is 17.1 Å². The van der Waals surface area contributed by atoms with Gasteiger partial charge in [0, 0.05) is 11.3 Å². The molecule has 0 aliphatic carbocycles. The Morgan fingerprint density at radius 1 is 0.868 bits per heavy atom. The number of hydrogen-bond acceptors (Lipinski definition) is 8. The van der Waals surface area contributed by atoms with Gasteiger partial charge in [0.05, 0.1) is 27.9 Å². The molecule has 0 aromatic heterocycles. The molecular formula is C29H27N5O4. The Morgan fingerprint density at radius 2 is 1.50 bits per heavy atom. The number of nitriles is 2. The monoisotopic (exact) mass is 509 g/mol. The van der Waals surface area contributed by atoms with Crippen molar-refractivity contribution in [3.8, 4) is 17.9 Å². The number of carbonyl (C=O) groups is 2. The number of ether oxygens (including phenoxy) is 2. The fraction of sp³-hybridized carbons (Fsp3) is 0.241. The second-order valence-corrected chi connectivity index (χ2v) is 8.90. The summed E-state index contributed by atoms with van der Waals surface area (Å²) >= 11 is 0. The molecule has 38 heavy (non-hydrogen) atoms. The van der Waals surface area contributed by atoms with Crippen LogP contribution in [0.3, 0.4) is 0 Å². The van der Waals surface area contributed by atoms with E-state index in [4.69, 9.17) is 20.0 Å². The fourth-order valence-electron chi connectivity index (χ4n) is 3.05. The molecular weight excluding hydrogens is 482 g/mol. The van der Waals surface area contributed by atoms with Crippen molar-refractivity contribution in [2.75, 3.05) is 18.5 Å². The first-order valence-electron chi connectivity index (χ1n) is 11.9. The molecule has 0 fully saturated rings. The minimum atomic E-state index is -0.519. The van der Waals surface area contributed by atoms with Crippen LogP contribution in [-0.2, 0) is 9.53 Å². The van der Waals surface area contributed by atoms with E-state index >= 15 is 0 Å². The standard InChI is InChI=1S/C29H27N5O4/c1-4-29(2,3)28(36)38-16-15-37-26-13-6-20(7-14-26)27(35)32-23-9-11-24(12-10-23)33-34-25-8-5-21(18-30)22(17-25)19-31/h5-14,17H,4,15-16H2,1-3H3,(H,32,35)/b34-33+. The van der Waals surface area contributed by atoms with Crippen LogP contribution in [0, 0.1) is 28.1 Å². The van der Waals surface area contributed by atoms with Crippen molar-refractivity contribution in [3.05, 3.63) is 83.4 Å². The third-order valence-corrected chi connectivity index (χ3v) is 5.79. The summed E-state index contributed by atoms with van der Waals surface area (Å²) in [5.74, 6) is 0.0155. The van der Waals surface area contributed by atoms with Crippen LogP contribution in [0.5, 0.6) is 5.75 Å². The lowest BCUT2D eigenvalue weighted by molar-refractivity contribution is -0.154. The zero-order valence-electron chi connectivity index (χ0n) is 21.4. The first kappa shape index (κ1) is 27.6. The summed E-state index contributed by atoms with van der Waals surface area (Å²) in [5.41, 5.74) is 2.03. The minimum absolute atomic E-state index is 0.147. The van der Waals surface area contributed by atoms with Gasteiger partial charge in [-0.15, -0.1) is 0 Å². The van der Waals surface area contributed by atoms with Crippen molar-refractivity contribution >= 4 is 28.9 Å². The third-order valence-electron chi connectivity index (χ3n) is 5.79. The van der Waals surface area contributed by atoms with E-state index in [2.05, 4.69) is 15.5 Å². The van der Waals surface area contributed by atoms with Crippen molar-refractivity contribution < 1.29 is 19.1 Å². The highest BCUT2D eigenvalue weighted by molar-refractivity contribution is 6.04. The van der Waals surface area contributed by atoms with Crippen molar-refractivity contribution in [2.24, 2.45) is 15.6 Å².